The maximum Gasteiger partial charge on any atom is 0.214 e. The minimum Gasteiger partial charge on any atom is -0.489 e. The fourth-order valence-corrected chi connectivity index (χ4v) is 3.07. The number of aromatic nitrogens is 3. The van der Waals surface area contributed by atoms with Crippen LogP contribution < -0.4 is 10.2 Å². The van der Waals surface area contributed by atoms with Crippen molar-refractivity contribution >= 4 is 39.7 Å². The molecule has 1 aromatic heterocycles. The average Bonchev–Trinajstić information content (AvgIpc) is 2.92. The van der Waals surface area contributed by atoms with Crippen LogP contribution in [0.4, 0.5) is 0 Å². The number of benzene rings is 2. The van der Waals surface area contributed by atoms with Crippen molar-refractivity contribution in [2.24, 2.45) is 0 Å². The largest absolute Gasteiger partial charge is 0.489 e. The predicted molar refractivity (Wildman–Crippen MR) is 105 cm³/mol. The second kappa shape index (κ2) is 8.03. The third kappa shape index (κ3) is 4.62. The average molecular weight is 440 g/mol. The van der Waals surface area contributed by atoms with Crippen molar-refractivity contribution in [2.75, 3.05) is 5.43 Å². The molecule has 1 heterocycles. The second-order valence-corrected chi connectivity index (χ2v) is 7.15. The van der Waals surface area contributed by atoms with E-state index >= 15 is 0 Å². The summed E-state index contributed by atoms with van der Waals surface area (Å²) in [5, 5.41) is 7.55. The van der Waals surface area contributed by atoms with Crippen LogP contribution in [0.2, 0.25) is 5.02 Å². The summed E-state index contributed by atoms with van der Waals surface area (Å²) in [4.78, 5) is 0. The van der Waals surface area contributed by atoms with Gasteiger partial charge in [-0.15, -0.1) is 0 Å². The van der Waals surface area contributed by atoms with Gasteiger partial charge in [0.2, 0.25) is 4.77 Å². The van der Waals surface area contributed by atoms with Gasteiger partial charge in [-0.1, -0.05) is 39.7 Å². The first-order valence-corrected chi connectivity index (χ1v) is 9.14. The smallest absolute Gasteiger partial charge is 0.214 e. The topological polar surface area (TPSA) is 54.9 Å². The Morgan fingerprint density at radius 1 is 1.28 bits per heavy atom. The monoisotopic (exact) mass is 438 g/mol. The number of H-pyrrole nitrogens is 1. The molecule has 0 fully saturated rings. The molecule has 0 saturated carbocycles. The molecule has 0 bridgehead atoms. The summed E-state index contributed by atoms with van der Waals surface area (Å²) < 4.78 is 9.23. The molecular formula is C17H16BrClN4OS. The highest BCUT2D eigenvalue weighted by atomic mass is 79.9. The van der Waals surface area contributed by atoms with Gasteiger partial charge in [-0.05, 0) is 55.0 Å². The normalized spacial score (nSPS) is 10.7. The van der Waals surface area contributed by atoms with Crippen LogP contribution >= 0.6 is 39.7 Å². The van der Waals surface area contributed by atoms with E-state index in [2.05, 4.69) is 31.6 Å². The van der Waals surface area contributed by atoms with E-state index in [1.54, 1.807) is 4.68 Å². The lowest BCUT2D eigenvalue weighted by Gasteiger charge is -2.14. The van der Waals surface area contributed by atoms with E-state index < -0.39 is 0 Å². The van der Waals surface area contributed by atoms with Crippen molar-refractivity contribution < 1.29 is 4.74 Å². The van der Waals surface area contributed by atoms with E-state index in [0.29, 0.717) is 22.9 Å². The van der Waals surface area contributed by atoms with Crippen molar-refractivity contribution in [3.63, 3.8) is 0 Å². The van der Waals surface area contributed by atoms with Crippen LogP contribution in [0, 0.1) is 11.7 Å². The van der Waals surface area contributed by atoms with Gasteiger partial charge in [-0.25, -0.2) is 4.68 Å². The highest BCUT2D eigenvalue weighted by molar-refractivity contribution is 9.10. The summed E-state index contributed by atoms with van der Waals surface area (Å²) in [6, 6.07) is 13.5. The standard InChI is InChI=1S/C17H16BrClN4OS/c1-11-21-22-17(25)23(11)20-9-13-8-14(18)4-7-16(13)24-10-12-2-5-15(19)6-3-12/h2-8,20H,9-10H2,1H3,(H,22,25). The first-order valence-electron chi connectivity index (χ1n) is 7.56. The van der Waals surface area contributed by atoms with Gasteiger partial charge in [0.05, 0.1) is 6.54 Å². The minimum atomic E-state index is 0.468. The van der Waals surface area contributed by atoms with Crippen LogP contribution in [0.3, 0.4) is 0 Å². The fraction of sp³-hybridized carbons (Fsp3) is 0.176. The van der Waals surface area contributed by atoms with Gasteiger partial charge in [-0.3, -0.25) is 5.10 Å². The van der Waals surface area contributed by atoms with E-state index in [9.17, 15) is 0 Å². The molecule has 2 aromatic carbocycles. The highest BCUT2D eigenvalue weighted by Crippen LogP contribution is 2.24. The Balaban J connectivity index is 1.73. The molecule has 0 aliphatic rings. The Morgan fingerprint density at radius 3 is 2.72 bits per heavy atom. The number of aromatic amines is 1. The van der Waals surface area contributed by atoms with Gasteiger partial charge in [-0.2, -0.15) is 5.10 Å². The number of hydrogen-bond acceptors (Lipinski definition) is 4. The van der Waals surface area contributed by atoms with Gasteiger partial charge < -0.3 is 10.2 Å². The number of rotatable bonds is 6. The number of nitrogens with one attached hydrogen (secondary N) is 2. The number of ether oxygens (including phenoxy) is 1. The summed E-state index contributed by atoms with van der Waals surface area (Å²) in [5.74, 6) is 1.57. The number of nitrogens with zero attached hydrogens (tertiary/aromatic N) is 2. The molecule has 0 unspecified atom stereocenters. The fourth-order valence-electron chi connectivity index (χ4n) is 2.29. The summed E-state index contributed by atoms with van der Waals surface area (Å²) in [7, 11) is 0. The van der Waals surface area contributed by atoms with E-state index in [4.69, 9.17) is 28.6 Å². The Kier molecular flexibility index (Phi) is 5.78. The lowest BCUT2D eigenvalue weighted by Crippen LogP contribution is -2.16. The zero-order valence-corrected chi connectivity index (χ0v) is 16.6. The molecule has 130 valence electrons. The first kappa shape index (κ1) is 18.0. The summed E-state index contributed by atoms with van der Waals surface area (Å²) >= 11 is 14.6. The van der Waals surface area contributed by atoms with Gasteiger partial charge in [0, 0.05) is 15.1 Å². The number of halogens is 2. The maximum absolute atomic E-state index is 5.99. The van der Waals surface area contributed by atoms with E-state index in [1.807, 2.05) is 49.4 Å². The zero-order chi connectivity index (χ0) is 17.8. The molecule has 0 radical (unpaired) electrons. The Labute approximate surface area is 164 Å². The molecule has 25 heavy (non-hydrogen) atoms. The molecule has 8 heteroatoms. The SMILES string of the molecule is Cc1n[nH]c(=S)n1NCc1cc(Br)ccc1OCc1ccc(Cl)cc1. The Hall–Kier alpha value is -1.83. The van der Waals surface area contributed by atoms with Crippen molar-refractivity contribution in [1.82, 2.24) is 14.9 Å². The molecule has 0 aliphatic carbocycles. The molecular weight excluding hydrogens is 424 g/mol. The summed E-state index contributed by atoms with van der Waals surface area (Å²) in [6.45, 7) is 2.89. The molecule has 2 N–H and O–H groups in total. The van der Waals surface area contributed by atoms with Crippen molar-refractivity contribution in [2.45, 2.75) is 20.1 Å². The van der Waals surface area contributed by atoms with E-state index in [-0.39, 0.29) is 0 Å². The van der Waals surface area contributed by atoms with Crippen LogP contribution in [0.1, 0.15) is 17.0 Å². The first-order chi connectivity index (χ1) is 12.0. The quantitative estimate of drug-likeness (QED) is 0.531. The van der Waals surface area contributed by atoms with Crippen LogP contribution in [0.15, 0.2) is 46.9 Å². The maximum atomic E-state index is 5.99. The zero-order valence-electron chi connectivity index (χ0n) is 13.4. The predicted octanol–water partition coefficient (Wildman–Crippen LogP) is 4.99. The van der Waals surface area contributed by atoms with Gasteiger partial charge >= 0.3 is 0 Å². The van der Waals surface area contributed by atoms with E-state index in [0.717, 1.165) is 27.2 Å². The molecule has 3 rings (SSSR count). The summed E-state index contributed by atoms with van der Waals surface area (Å²) in [6.07, 6.45) is 0. The Morgan fingerprint density at radius 2 is 2.04 bits per heavy atom. The van der Waals surface area contributed by atoms with Crippen LogP contribution in [0.5, 0.6) is 5.75 Å². The highest BCUT2D eigenvalue weighted by Gasteiger charge is 2.07. The lowest BCUT2D eigenvalue weighted by atomic mass is 10.2. The molecule has 0 amide bonds. The van der Waals surface area contributed by atoms with Crippen LogP contribution in [0.25, 0.3) is 0 Å². The minimum absolute atomic E-state index is 0.468. The van der Waals surface area contributed by atoms with Gasteiger partial charge in [0.15, 0.2) is 0 Å². The van der Waals surface area contributed by atoms with Gasteiger partial charge in [0.1, 0.15) is 18.2 Å². The number of hydrogen-bond donors (Lipinski definition) is 2. The van der Waals surface area contributed by atoms with Crippen LogP contribution in [-0.2, 0) is 13.2 Å². The van der Waals surface area contributed by atoms with Crippen LogP contribution in [-0.4, -0.2) is 14.9 Å². The molecule has 5 nitrogen and oxygen atoms in total. The third-order valence-electron chi connectivity index (χ3n) is 3.60. The van der Waals surface area contributed by atoms with E-state index in [1.165, 1.54) is 0 Å². The summed E-state index contributed by atoms with van der Waals surface area (Å²) in [5.41, 5.74) is 5.31. The molecule has 0 spiro atoms. The third-order valence-corrected chi connectivity index (χ3v) is 4.62. The van der Waals surface area contributed by atoms with Crippen molar-refractivity contribution in [1.29, 1.82) is 0 Å². The molecule has 0 aliphatic heterocycles. The Bertz CT molecular complexity index is 923. The molecule has 3 aromatic rings. The van der Waals surface area contributed by atoms with Gasteiger partial charge in [0.25, 0.3) is 0 Å². The van der Waals surface area contributed by atoms with Crippen molar-refractivity contribution in [3.8, 4) is 5.75 Å². The second-order valence-electron chi connectivity index (χ2n) is 5.41. The number of aryl methyl sites for hydroxylation is 1. The molecule has 0 atom stereocenters. The lowest BCUT2D eigenvalue weighted by molar-refractivity contribution is 0.303. The van der Waals surface area contributed by atoms with Crippen molar-refractivity contribution in [3.05, 3.63) is 73.7 Å². The molecule has 0 saturated heterocycles.